The van der Waals surface area contributed by atoms with Crippen LogP contribution in [0.5, 0.6) is 11.5 Å². The van der Waals surface area contributed by atoms with E-state index in [2.05, 4.69) is 70.1 Å². The fourth-order valence-corrected chi connectivity index (χ4v) is 7.20. The summed E-state index contributed by atoms with van der Waals surface area (Å²) in [5, 5.41) is 27.6. The molecule has 7 rings (SSSR count). The minimum atomic E-state index is -0.320. The van der Waals surface area contributed by atoms with Gasteiger partial charge >= 0.3 is 6.03 Å². The molecule has 0 radical (unpaired) electrons. The van der Waals surface area contributed by atoms with Crippen molar-refractivity contribution in [3.05, 3.63) is 94.5 Å². The fraction of sp³-hybridized carbons (Fsp3) is 0.425. The lowest BCUT2D eigenvalue weighted by molar-refractivity contribution is -0.122. The van der Waals surface area contributed by atoms with Crippen molar-refractivity contribution in [2.24, 2.45) is 0 Å². The first-order valence-electron chi connectivity index (χ1n) is 18.5. The van der Waals surface area contributed by atoms with Gasteiger partial charge in [-0.25, -0.2) is 9.48 Å². The van der Waals surface area contributed by atoms with Gasteiger partial charge < -0.3 is 24.8 Å². The van der Waals surface area contributed by atoms with Crippen LogP contribution in [-0.2, 0) is 10.2 Å². The Labute approximate surface area is 326 Å². The molecule has 1 aliphatic heterocycles. The number of nitrogens with zero attached hydrogens (tertiary/aromatic N) is 7. The Morgan fingerprint density at radius 3 is 2.53 bits per heavy atom. The van der Waals surface area contributed by atoms with Crippen LogP contribution in [0.25, 0.3) is 11.3 Å². The molecule has 15 heteroatoms. The Bertz CT molecular complexity index is 2110. The first kappa shape index (κ1) is 39.5. The van der Waals surface area contributed by atoms with E-state index >= 15 is 0 Å². The normalized spacial score (nSPS) is 18.4. The summed E-state index contributed by atoms with van der Waals surface area (Å²) < 4.78 is 16.4. The fourth-order valence-electron chi connectivity index (χ4n) is 7.03. The summed E-state index contributed by atoms with van der Waals surface area (Å²) in [6, 6.07) is 19.3. The quantitative estimate of drug-likeness (QED) is 0.126. The minimum absolute atomic E-state index is 0.168. The van der Waals surface area contributed by atoms with Crippen LogP contribution in [0, 0.1) is 0 Å². The Balaban J connectivity index is 0.00000166. The molecule has 1 aliphatic carbocycles. The lowest BCUT2D eigenvalue weighted by Crippen LogP contribution is -2.36. The summed E-state index contributed by atoms with van der Waals surface area (Å²) in [6.45, 7) is 8.32. The van der Waals surface area contributed by atoms with Crippen LogP contribution in [0.1, 0.15) is 87.3 Å². The second-order valence-corrected chi connectivity index (χ2v) is 15.6. The lowest BCUT2D eigenvalue weighted by Gasteiger charge is -2.32. The number of rotatable bonds is 10. The molecule has 3 atom stereocenters. The molecule has 14 nitrogen and oxygen atoms in total. The molecule has 1 unspecified atom stereocenters. The van der Waals surface area contributed by atoms with Crippen molar-refractivity contribution in [2.75, 3.05) is 46.2 Å². The van der Waals surface area contributed by atoms with Crippen molar-refractivity contribution in [3.63, 3.8) is 0 Å². The molecule has 1 saturated heterocycles. The van der Waals surface area contributed by atoms with Gasteiger partial charge in [0.1, 0.15) is 30.0 Å². The summed E-state index contributed by atoms with van der Waals surface area (Å²) in [6.07, 6.45) is 5.49. The first-order valence-corrected chi connectivity index (χ1v) is 18.9. The van der Waals surface area contributed by atoms with Gasteiger partial charge in [0, 0.05) is 24.1 Å². The molecule has 2 amide bonds. The van der Waals surface area contributed by atoms with Crippen molar-refractivity contribution >= 4 is 35.6 Å². The summed E-state index contributed by atoms with van der Waals surface area (Å²) in [7, 11) is 6.12. The molecular formula is C40H50ClN9O5. The number of anilines is 1. The van der Waals surface area contributed by atoms with Gasteiger partial charge in [0.15, 0.2) is 11.5 Å². The van der Waals surface area contributed by atoms with E-state index in [-0.39, 0.29) is 36.1 Å². The van der Waals surface area contributed by atoms with Crippen molar-refractivity contribution in [1.29, 1.82) is 0 Å². The number of likely N-dealkylation sites (tertiary alicyclic amines) is 1. The number of benzene rings is 2. The number of carbonyl (C=O) groups is 2. The topological polar surface area (TPSA) is 151 Å². The van der Waals surface area contributed by atoms with Crippen LogP contribution in [0.2, 0.25) is 5.02 Å². The number of nitrogens with one attached hydrogen (secondary N) is 2. The second kappa shape index (κ2) is 17.1. The maximum Gasteiger partial charge on any atom is 0.320 e. The number of fused-ring (bicyclic) bond motifs is 2. The average molecular weight is 772 g/mol. The van der Waals surface area contributed by atoms with E-state index in [0.29, 0.717) is 29.6 Å². The number of hydrogen-bond acceptors (Lipinski definition) is 9. The van der Waals surface area contributed by atoms with Crippen LogP contribution in [-0.4, -0.2) is 92.6 Å². The first-order chi connectivity index (χ1) is 26.4. The van der Waals surface area contributed by atoms with E-state index in [1.165, 1.54) is 0 Å². The highest BCUT2D eigenvalue weighted by Crippen LogP contribution is 2.39. The van der Waals surface area contributed by atoms with Gasteiger partial charge in [-0.2, -0.15) is 5.10 Å². The summed E-state index contributed by atoms with van der Waals surface area (Å²) in [5.74, 6) is 2.81. The van der Waals surface area contributed by atoms with Gasteiger partial charge in [0.2, 0.25) is 0 Å². The average Bonchev–Trinajstić information content (AvgIpc) is 3.88. The zero-order chi connectivity index (χ0) is 39.3. The molecule has 4 heterocycles. The number of hydrogen-bond donors (Lipinski definition) is 3. The number of carbonyl (C=O) groups excluding carboxylic acids is 1. The standard InChI is InChI=1S/C39H48ClN9O3.CH2O2/c1-39(2,3)34-23-36(49(45-34)25-13-15-29(40)33(22-25)51-21-20-46(4)5)42-38(50)41-30-16-17-32(28-11-8-7-10-27(28)30)52-26-14-18-35-43-44-37(48(35)24-26)31-12-9-19-47(31)6;2-1-3/h7-8,10-11,13-15,18,22-24,30-32H,9,12,16-17,19-21H2,1-6H3,(H2,41,42,50);1H,(H,2,3)/t30-,31?,32+;/m0./s1. The van der Waals surface area contributed by atoms with Crippen molar-refractivity contribution in [3.8, 4) is 17.2 Å². The number of amides is 2. The van der Waals surface area contributed by atoms with Crippen LogP contribution >= 0.6 is 11.6 Å². The molecule has 0 saturated carbocycles. The van der Waals surface area contributed by atoms with Gasteiger partial charge in [-0.15, -0.1) is 10.2 Å². The third kappa shape index (κ3) is 9.21. The molecule has 5 aromatic rings. The van der Waals surface area contributed by atoms with E-state index < -0.39 is 0 Å². The molecule has 1 fully saturated rings. The minimum Gasteiger partial charge on any atom is -0.491 e. The molecule has 2 aromatic carbocycles. The van der Waals surface area contributed by atoms with Crippen molar-refractivity contribution < 1.29 is 24.2 Å². The van der Waals surface area contributed by atoms with Crippen LogP contribution < -0.4 is 20.1 Å². The van der Waals surface area contributed by atoms with Crippen molar-refractivity contribution in [2.45, 2.75) is 70.1 Å². The second-order valence-electron chi connectivity index (χ2n) is 15.2. The predicted octanol–water partition coefficient (Wildman–Crippen LogP) is 7.05. The zero-order valence-corrected chi connectivity index (χ0v) is 33.0. The zero-order valence-electron chi connectivity index (χ0n) is 32.2. The summed E-state index contributed by atoms with van der Waals surface area (Å²) in [4.78, 5) is 26.5. The SMILES string of the molecule is CN(C)CCOc1cc(-n2nc(C(C)(C)C)cc2NC(=O)N[C@H]2CC[C@@H](Oc3ccc4nnc(C5CCCN5C)n4c3)c3ccccc32)ccc1Cl.O=CO. The Kier molecular flexibility index (Phi) is 12.3. The number of urea groups is 1. The monoisotopic (exact) mass is 771 g/mol. The van der Waals surface area contributed by atoms with Gasteiger partial charge in [0.05, 0.1) is 34.7 Å². The molecule has 292 valence electrons. The smallest absolute Gasteiger partial charge is 0.320 e. The number of halogens is 1. The van der Waals surface area contributed by atoms with E-state index in [4.69, 9.17) is 36.1 Å². The van der Waals surface area contributed by atoms with E-state index in [0.717, 1.165) is 72.1 Å². The lowest BCUT2D eigenvalue weighted by atomic mass is 9.85. The number of carboxylic acid groups (broad SMARTS) is 1. The van der Waals surface area contributed by atoms with Gasteiger partial charge in [-0.1, -0.05) is 56.6 Å². The Morgan fingerprint density at radius 1 is 1.05 bits per heavy atom. The summed E-state index contributed by atoms with van der Waals surface area (Å²) >= 11 is 6.50. The van der Waals surface area contributed by atoms with Gasteiger partial charge in [-0.05, 0) is 88.8 Å². The molecule has 55 heavy (non-hydrogen) atoms. The predicted molar refractivity (Wildman–Crippen MR) is 212 cm³/mol. The van der Waals surface area contributed by atoms with E-state index in [9.17, 15) is 4.79 Å². The maximum atomic E-state index is 13.7. The molecule has 0 spiro atoms. The van der Waals surface area contributed by atoms with Gasteiger partial charge in [-0.3, -0.25) is 19.4 Å². The molecule has 2 aliphatic rings. The number of aromatic nitrogens is 5. The molecular weight excluding hydrogens is 722 g/mol. The third-order valence-electron chi connectivity index (χ3n) is 9.91. The highest BCUT2D eigenvalue weighted by atomic mass is 35.5. The third-order valence-corrected chi connectivity index (χ3v) is 10.2. The van der Waals surface area contributed by atoms with Crippen LogP contribution in [0.15, 0.2) is 66.9 Å². The largest absolute Gasteiger partial charge is 0.491 e. The molecule has 3 N–H and O–H groups in total. The Hall–Kier alpha value is -5.18. The highest BCUT2D eigenvalue weighted by molar-refractivity contribution is 6.32. The maximum absolute atomic E-state index is 13.7. The van der Waals surface area contributed by atoms with E-state index in [1.54, 1.807) is 10.7 Å². The van der Waals surface area contributed by atoms with Gasteiger partial charge in [0.25, 0.3) is 6.47 Å². The van der Waals surface area contributed by atoms with Crippen molar-refractivity contribution in [1.82, 2.24) is 39.5 Å². The number of likely N-dealkylation sites (N-methyl/N-ethyl adjacent to an activating group) is 1. The van der Waals surface area contributed by atoms with Crippen LogP contribution in [0.4, 0.5) is 10.6 Å². The number of ether oxygens (including phenoxy) is 2. The van der Waals surface area contributed by atoms with Crippen LogP contribution in [0.3, 0.4) is 0 Å². The number of pyridine rings is 1. The Morgan fingerprint density at radius 2 is 1.82 bits per heavy atom. The highest BCUT2D eigenvalue weighted by Gasteiger charge is 2.31. The van der Waals surface area contributed by atoms with E-state index in [1.807, 2.05) is 67.7 Å². The summed E-state index contributed by atoms with van der Waals surface area (Å²) in [5.41, 5.74) is 4.21. The molecule has 3 aromatic heterocycles. The molecule has 0 bridgehead atoms.